The zero-order valence-corrected chi connectivity index (χ0v) is 19.9. The highest BCUT2D eigenvalue weighted by molar-refractivity contribution is 6.43. The SMILES string of the molecule is Cc1cc(Oc2ccccc2NC(=O)Nc2ccc(OC(F)(F)F)cc2)n(-c2cccc(Cl)c2Cl)n1. The molecular weight excluding hydrogens is 520 g/mol. The van der Waals surface area contributed by atoms with E-state index in [9.17, 15) is 18.0 Å². The van der Waals surface area contributed by atoms with Crippen LogP contribution < -0.4 is 20.1 Å². The molecule has 7 nitrogen and oxygen atoms in total. The molecule has 0 aliphatic carbocycles. The Kier molecular flexibility index (Phi) is 7.27. The van der Waals surface area contributed by atoms with Crippen LogP contribution in [0.15, 0.2) is 72.8 Å². The number of alkyl halides is 3. The third-order valence-corrected chi connectivity index (χ3v) is 5.46. The molecule has 1 heterocycles. The van der Waals surface area contributed by atoms with Gasteiger partial charge in [0.05, 0.1) is 27.1 Å². The van der Waals surface area contributed by atoms with E-state index in [0.29, 0.717) is 38.7 Å². The smallest absolute Gasteiger partial charge is 0.437 e. The molecule has 0 atom stereocenters. The van der Waals surface area contributed by atoms with Gasteiger partial charge in [0.1, 0.15) is 5.75 Å². The molecule has 4 aromatic rings. The van der Waals surface area contributed by atoms with Crippen molar-refractivity contribution in [2.45, 2.75) is 13.3 Å². The van der Waals surface area contributed by atoms with Gasteiger partial charge in [-0.1, -0.05) is 41.4 Å². The van der Waals surface area contributed by atoms with Crippen molar-refractivity contribution >= 4 is 40.6 Å². The van der Waals surface area contributed by atoms with Crippen LogP contribution in [0.3, 0.4) is 0 Å². The highest BCUT2D eigenvalue weighted by Gasteiger charge is 2.31. The molecule has 0 aliphatic rings. The monoisotopic (exact) mass is 536 g/mol. The van der Waals surface area contributed by atoms with Gasteiger partial charge < -0.3 is 20.1 Å². The first kappa shape index (κ1) is 25.2. The predicted molar refractivity (Wildman–Crippen MR) is 131 cm³/mol. The molecule has 3 aromatic carbocycles. The van der Waals surface area contributed by atoms with Gasteiger partial charge in [0, 0.05) is 11.8 Å². The Morgan fingerprint density at radius 2 is 1.69 bits per heavy atom. The molecule has 0 fully saturated rings. The number of aryl methyl sites for hydroxylation is 1. The fourth-order valence-corrected chi connectivity index (χ4v) is 3.55. The van der Waals surface area contributed by atoms with E-state index in [0.717, 1.165) is 12.1 Å². The van der Waals surface area contributed by atoms with Crippen molar-refractivity contribution in [2.75, 3.05) is 10.6 Å². The van der Waals surface area contributed by atoms with Crippen LogP contribution in [0.1, 0.15) is 5.69 Å². The number of benzene rings is 3. The number of anilines is 2. The lowest BCUT2D eigenvalue weighted by atomic mass is 10.3. The van der Waals surface area contributed by atoms with Crippen molar-refractivity contribution < 1.29 is 27.4 Å². The zero-order chi connectivity index (χ0) is 25.9. The first-order valence-corrected chi connectivity index (χ1v) is 11.1. The second-order valence-corrected chi connectivity index (χ2v) is 8.14. The van der Waals surface area contributed by atoms with Gasteiger partial charge in [-0.05, 0) is 55.5 Å². The molecule has 12 heteroatoms. The average molecular weight is 537 g/mol. The van der Waals surface area contributed by atoms with Gasteiger partial charge >= 0.3 is 12.4 Å². The van der Waals surface area contributed by atoms with Crippen LogP contribution >= 0.6 is 23.2 Å². The topological polar surface area (TPSA) is 77.4 Å². The maximum atomic E-state index is 12.5. The zero-order valence-electron chi connectivity index (χ0n) is 18.4. The number of hydrogen-bond acceptors (Lipinski definition) is 4. The van der Waals surface area contributed by atoms with Gasteiger partial charge in [-0.2, -0.15) is 9.78 Å². The maximum absolute atomic E-state index is 12.5. The van der Waals surface area contributed by atoms with Crippen molar-refractivity contribution in [3.63, 3.8) is 0 Å². The number of carbonyl (C=O) groups excluding carboxylic acids is 1. The number of hydrogen-bond donors (Lipinski definition) is 2. The Hall–Kier alpha value is -3.89. The summed E-state index contributed by atoms with van der Waals surface area (Å²) in [5, 5.41) is 10.3. The first-order valence-electron chi connectivity index (χ1n) is 10.3. The highest BCUT2D eigenvalue weighted by Crippen LogP contribution is 2.35. The number of aromatic nitrogens is 2. The second kappa shape index (κ2) is 10.4. The summed E-state index contributed by atoms with van der Waals surface area (Å²) >= 11 is 12.5. The number of carbonyl (C=O) groups is 1. The van der Waals surface area contributed by atoms with Gasteiger partial charge in [0.25, 0.3) is 0 Å². The third-order valence-electron chi connectivity index (χ3n) is 4.65. The minimum absolute atomic E-state index is 0.254. The molecule has 1 aromatic heterocycles. The molecule has 36 heavy (non-hydrogen) atoms. The van der Waals surface area contributed by atoms with E-state index >= 15 is 0 Å². The fourth-order valence-electron chi connectivity index (χ4n) is 3.17. The largest absolute Gasteiger partial charge is 0.573 e. The Morgan fingerprint density at radius 3 is 2.42 bits per heavy atom. The van der Waals surface area contributed by atoms with E-state index in [1.807, 2.05) is 0 Å². The molecule has 2 amide bonds. The molecule has 2 N–H and O–H groups in total. The minimum atomic E-state index is -4.80. The number of para-hydroxylation sites is 2. The van der Waals surface area contributed by atoms with Crippen LogP contribution in [-0.2, 0) is 0 Å². The Labute approximate surface area is 213 Å². The normalized spacial score (nSPS) is 11.2. The molecule has 0 unspecified atom stereocenters. The van der Waals surface area contributed by atoms with Gasteiger partial charge in [0.2, 0.25) is 5.88 Å². The highest BCUT2D eigenvalue weighted by atomic mass is 35.5. The fraction of sp³-hybridized carbons (Fsp3) is 0.0833. The number of halogens is 5. The number of rotatable bonds is 6. The number of nitrogens with one attached hydrogen (secondary N) is 2. The average Bonchev–Trinajstić information content (AvgIpc) is 3.17. The summed E-state index contributed by atoms with van der Waals surface area (Å²) in [7, 11) is 0. The maximum Gasteiger partial charge on any atom is 0.573 e. The van der Waals surface area contributed by atoms with Crippen molar-refractivity contribution in [1.82, 2.24) is 9.78 Å². The van der Waals surface area contributed by atoms with Crippen molar-refractivity contribution in [2.24, 2.45) is 0 Å². The van der Waals surface area contributed by atoms with Gasteiger partial charge in [0.15, 0.2) is 5.75 Å². The van der Waals surface area contributed by atoms with Gasteiger partial charge in [-0.3, -0.25) is 0 Å². The molecule has 0 aliphatic heterocycles. The second-order valence-electron chi connectivity index (χ2n) is 7.36. The Bertz CT molecular complexity index is 1390. The summed E-state index contributed by atoms with van der Waals surface area (Å²) in [4.78, 5) is 12.5. The number of amides is 2. The van der Waals surface area contributed by atoms with Crippen LogP contribution in [0.25, 0.3) is 5.69 Å². The summed E-state index contributed by atoms with van der Waals surface area (Å²) in [6, 6.07) is 17.6. The minimum Gasteiger partial charge on any atom is -0.437 e. The molecule has 0 bridgehead atoms. The lowest BCUT2D eigenvalue weighted by molar-refractivity contribution is -0.274. The Morgan fingerprint density at radius 1 is 0.972 bits per heavy atom. The predicted octanol–water partition coefficient (Wildman–Crippen LogP) is 7.82. The molecule has 186 valence electrons. The summed E-state index contributed by atoms with van der Waals surface area (Å²) in [5.41, 5.74) is 1.75. The van der Waals surface area contributed by atoms with E-state index < -0.39 is 18.1 Å². The Balaban J connectivity index is 1.51. The molecule has 0 saturated heterocycles. The third kappa shape index (κ3) is 6.21. The van der Waals surface area contributed by atoms with E-state index in [1.54, 1.807) is 55.5 Å². The summed E-state index contributed by atoms with van der Waals surface area (Å²) in [6.07, 6.45) is -4.80. The van der Waals surface area contributed by atoms with Crippen LogP contribution in [0, 0.1) is 6.92 Å². The first-order chi connectivity index (χ1) is 17.1. The number of nitrogens with zero attached hydrogens (tertiary/aromatic N) is 2. The van der Waals surface area contributed by atoms with Crippen LogP contribution in [-0.4, -0.2) is 22.2 Å². The van der Waals surface area contributed by atoms with Crippen LogP contribution in [0.4, 0.5) is 29.3 Å². The number of ether oxygens (including phenoxy) is 2. The molecule has 0 saturated carbocycles. The standard InChI is InChI=1S/C24H17Cl2F3N4O3/c1-14-13-21(33(32-14)19-7-4-5-17(25)22(19)26)35-20-8-3-2-6-18(20)31-23(34)30-15-9-11-16(12-10-15)36-24(27,28)29/h2-13H,1H3,(H2,30,31,34). The molecule has 4 rings (SSSR count). The van der Waals surface area contributed by atoms with Crippen molar-refractivity contribution in [3.05, 3.63) is 88.5 Å². The summed E-state index contributed by atoms with van der Waals surface area (Å²) < 4.78 is 48.3. The molecular formula is C24H17Cl2F3N4O3. The summed E-state index contributed by atoms with van der Waals surface area (Å²) in [5.74, 6) is 0.228. The van der Waals surface area contributed by atoms with Crippen molar-refractivity contribution in [3.8, 4) is 23.1 Å². The van der Waals surface area contributed by atoms with Gasteiger partial charge in [-0.25, -0.2) is 4.79 Å². The lowest BCUT2D eigenvalue weighted by Gasteiger charge is -2.15. The van der Waals surface area contributed by atoms with Crippen LogP contribution in [0.2, 0.25) is 10.0 Å². The van der Waals surface area contributed by atoms with Gasteiger partial charge in [-0.15, -0.1) is 13.2 Å². The summed E-state index contributed by atoms with van der Waals surface area (Å²) in [6.45, 7) is 1.78. The van der Waals surface area contributed by atoms with E-state index in [2.05, 4.69) is 20.5 Å². The van der Waals surface area contributed by atoms with E-state index in [-0.39, 0.29) is 5.69 Å². The molecule has 0 radical (unpaired) electrons. The lowest BCUT2D eigenvalue weighted by Crippen LogP contribution is -2.20. The van der Waals surface area contributed by atoms with Crippen molar-refractivity contribution in [1.29, 1.82) is 0 Å². The quantitative estimate of drug-likeness (QED) is 0.263. The van der Waals surface area contributed by atoms with Crippen LogP contribution in [0.5, 0.6) is 17.4 Å². The van der Waals surface area contributed by atoms with E-state index in [4.69, 9.17) is 27.9 Å². The van der Waals surface area contributed by atoms with E-state index in [1.165, 1.54) is 16.8 Å². The molecule has 0 spiro atoms. The number of urea groups is 1.